The number of hydrogen-bond acceptors (Lipinski definition) is 5. The molecule has 0 bridgehead atoms. The fourth-order valence-corrected chi connectivity index (χ4v) is 3.45. The molecule has 1 aromatic carbocycles. The Morgan fingerprint density at radius 2 is 2.38 bits per heavy atom. The van der Waals surface area contributed by atoms with E-state index in [1.165, 1.54) is 16.2 Å². The first-order valence-corrected chi connectivity index (χ1v) is 7.75. The third kappa shape index (κ3) is 3.40. The van der Waals surface area contributed by atoms with E-state index >= 15 is 0 Å². The summed E-state index contributed by atoms with van der Waals surface area (Å²) in [5.41, 5.74) is 8.80. The Labute approximate surface area is 127 Å². The quantitative estimate of drug-likeness (QED) is 0.910. The van der Waals surface area contributed by atoms with Gasteiger partial charge in [-0.1, -0.05) is 12.1 Å². The van der Waals surface area contributed by atoms with Crippen molar-refractivity contribution in [1.29, 1.82) is 0 Å². The molecule has 1 aromatic heterocycles. The fourth-order valence-electron chi connectivity index (χ4n) is 2.53. The van der Waals surface area contributed by atoms with Gasteiger partial charge in [0.1, 0.15) is 0 Å². The highest BCUT2D eigenvalue weighted by Gasteiger charge is 2.21. The maximum Gasteiger partial charge on any atom is 0.238 e. The predicted octanol–water partition coefficient (Wildman–Crippen LogP) is 2.03. The molecule has 0 spiro atoms. The lowest BCUT2D eigenvalue weighted by Gasteiger charge is -2.25. The summed E-state index contributed by atoms with van der Waals surface area (Å²) in [7, 11) is 0. The van der Waals surface area contributed by atoms with Crippen molar-refractivity contribution < 1.29 is 4.79 Å². The highest BCUT2D eigenvalue weighted by atomic mass is 32.1. The van der Waals surface area contributed by atoms with Crippen LogP contribution in [0.1, 0.15) is 16.1 Å². The van der Waals surface area contributed by atoms with Gasteiger partial charge in [-0.05, 0) is 24.6 Å². The van der Waals surface area contributed by atoms with Gasteiger partial charge >= 0.3 is 0 Å². The van der Waals surface area contributed by atoms with Crippen molar-refractivity contribution in [2.24, 2.45) is 0 Å². The van der Waals surface area contributed by atoms with E-state index in [0.29, 0.717) is 11.7 Å². The van der Waals surface area contributed by atoms with Gasteiger partial charge in [-0.25, -0.2) is 4.98 Å². The van der Waals surface area contributed by atoms with Crippen LogP contribution in [-0.2, 0) is 17.8 Å². The number of nitrogens with one attached hydrogen (secondary N) is 1. The zero-order valence-electron chi connectivity index (χ0n) is 11.9. The second kappa shape index (κ2) is 5.83. The monoisotopic (exact) mass is 302 g/mol. The number of carbonyl (C=O) groups is 1. The number of aromatic nitrogens is 1. The summed E-state index contributed by atoms with van der Waals surface area (Å²) in [4.78, 5) is 19.7. The van der Waals surface area contributed by atoms with Gasteiger partial charge in [0.15, 0.2) is 5.13 Å². The number of anilines is 2. The molecule has 0 fully saturated rings. The number of hydrogen-bond donors (Lipinski definition) is 2. The van der Waals surface area contributed by atoms with E-state index in [1.807, 2.05) is 31.2 Å². The maximum atomic E-state index is 12.1. The minimum atomic E-state index is 0.0153. The number of carbonyl (C=O) groups excluding carboxylic acids is 1. The van der Waals surface area contributed by atoms with Crippen molar-refractivity contribution >= 4 is 28.1 Å². The average molecular weight is 302 g/mol. The third-order valence-corrected chi connectivity index (χ3v) is 4.41. The maximum absolute atomic E-state index is 12.1. The van der Waals surface area contributed by atoms with E-state index in [9.17, 15) is 4.79 Å². The van der Waals surface area contributed by atoms with E-state index in [0.717, 1.165) is 36.5 Å². The van der Waals surface area contributed by atoms with Gasteiger partial charge in [-0.3, -0.25) is 9.69 Å². The van der Waals surface area contributed by atoms with Crippen LogP contribution in [0.3, 0.4) is 0 Å². The largest absolute Gasteiger partial charge is 0.375 e. The molecule has 1 aliphatic heterocycles. The minimum absolute atomic E-state index is 0.0153. The number of nitrogens with zero attached hydrogens (tertiary/aromatic N) is 2. The number of nitrogens with two attached hydrogens (primary N) is 1. The van der Waals surface area contributed by atoms with Crippen LogP contribution in [-0.4, -0.2) is 28.9 Å². The van der Waals surface area contributed by atoms with E-state index in [1.54, 1.807) is 0 Å². The number of aryl methyl sites for hydroxylation is 1. The Morgan fingerprint density at radius 3 is 3.19 bits per heavy atom. The molecule has 0 aliphatic carbocycles. The van der Waals surface area contributed by atoms with Crippen LogP contribution in [0.25, 0.3) is 0 Å². The third-order valence-electron chi connectivity index (χ3n) is 3.50. The Kier molecular flexibility index (Phi) is 3.90. The van der Waals surface area contributed by atoms with Gasteiger partial charge in [0.2, 0.25) is 5.91 Å². The molecule has 3 N–H and O–H groups in total. The Morgan fingerprint density at radius 1 is 1.52 bits per heavy atom. The molecule has 1 aliphatic rings. The molecule has 3 rings (SSSR count). The summed E-state index contributed by atoms with van der Waals surface area (Å²) in [5, 5.41) is 3.56. The molecule has 1 amide bonds. The Balaban J connectivity index is 1.59. The summed E-state index contributed by atoms with van der Waals surface area (Å²) >= 11 is 1.52. The lowest BCUT2D eigenvalue weighted by Crippen LogP contribution is -2.36. The van der Waals surface area contributed by atoms with Gasteiger partial charge in [0.25, 0.3) is 0 Å². The van der Waals surface area contributed by atoms with Crippen LogP contribution < -0.4 is 11.1 Å². The van der Waals surface area contributed by atoms with Crippen molar-refractivity contribution in [2.75, 3.05) is 24.1 Å². The lowest BCUT2D eigenvalue weighted by atomic mass is 10.2. The van der Waals surface area contributed by atoms with Crippen molar-refractivity contribution in [3.05, 3.63) is 40.4 Å². The molecule has 0 unspecified atom stereocenters. The van der Waals surface area contributed by atoms with Gasteiger partial charge in [-0.2, -0.15) is 0 Å². The highest BCUT2D eigenvalue weighted by molar-refractivity contribution is 7.15. The Bertz CT molecular complexity index is 667. The van der Waals surface area contributed by atoms with Crippen LogP contribution in [0.2, 0.25) is 0 Å². The predicted molar refractivity (Wildman–Crippen MR) is 85.3 cm³/mol. The first-order chi connectivity index (χ1) is 10.1. The van der Waals surface area contributed by atoms with Crippen LogP contribution in [0, 0.1) is 6.92 Å². The van der Waals surface area contributed by atoms with Crippen LogP contribution in [0.15, 0.2) is 24.3 Å². The van der Waals surface area contributed by atoms with E-state index in [2.05, 4.69) is 15.2 Å². The first kappa shape index (κ1) is 14.0. The van der Waals surface area contributed by atoms with Gasteiger partial charge in [0, 0.05) is 30.1 Å². The number of fused-ring (bicyclic) bond motifs is 1. The van der Waals surface area contributed by atoms with E-state index in [4.69, 9.17) is 5.73 Å². The standard InChI is InChI=1S/C15H18N4OS/c1-10-3-2-4-11(7-10)17-14(20)9-19-6-5-12-13(8-19)21-15(16)18-12/h2-4,7H,5-6,8-9H2,1H3,(H2,16,18)(H,17,20). The summed E-state index contributed by atoms with van der Waals surface area (Å²) < 4.78 is 0. The number of benzene rings is 1. The molecular formula is C15H18N4OS. The Hall–Kier alpha value is -1.92. The highest BCUT2D eigenvalue weighted by Crippen LogP contribution is 2.26. The summed E-state index contributed by atoms with van der Waals surface area (Å²) in [5.74, 6) is 0.0153. The fraction of sp³-hybridized carbons (Fsp3) is 0.333. The summed E-state index contributed by atoms with van der Waals surface area (Å²) in [6.45, 7) is 4.00. The number of thiazole rings is 1. The van der Waals surface area contributed by atoms with E-state index in [-0.39, 0.29) is 5.91 Å². The molecule has 21 heavy (non-hydrogen) atoms. The molecule has 0 radical (unpaired) electrons. The van der Waals surface area contributed by atoms with Crippen molar-refractivity contribution in [3.63, 3.8) is 0 Å². The van der Waals surface area contributed by atoms with Gasteiger partial charge in [0.05, 0.1) is 12.2 Å². The van der Waals surface area contributed by atoms with Gasteiger partial charge < -0.3 is 11.1 Å². The topological polar surface area (TPSA) is 71.2 Å². The molecule has 0 saturated heterocycles. The second-order valence-corrected chi connectivity index (χ2v) is 6.42. The molecule has 2 aromatic rings. The number of amides is 1. The smallest absolute Gasteiger partial charge is 0.238 e. The molecule has 5 nitrogen and oxygen atoms in total. The SMILES string of the molecule is Cc1cccc(NC(=O)CN2CCc3nc(N)sc3C2)c1. The van der Waals surface area contributed by atoms with Crippen molar-refractivity contribution in [2.45, 2.75) is 19.9 Å². The first-order valence-electron chi connectivity index (χ1n) is 6.93. The van der Waals surface area contributed by atoms with Crippen LogP contribution in [0.5, 0.6) is 0 Å². The molecule has 110 valence electrons. The lowest BCUT2D eigenvalue weighted by molar-refractivity contribution is -0.117. The second-order valence-electron chi connectivity index (χ2n) is 5.30. The van der Waals surface area contributed by atoms with Crippen LogP contribution >= 0.6 is 11.3 Å². The molecule has 6 heteroatoms. The summed E-state index contributed by atoms with van der Waals surface area (Å²) in [6, 6.07) is 7.83. The summed E-state index contributed by atoms with van der Waals surface area (Å²) in [6.07, 6.45) is 0.862. The van der Waals surface area contributed by atoms with Crippen LogP contribution in [0.4, 0.5) is 10.8 Å². The zero-order chi connectivity index (χ0) is 14.8. The molecule has 0 atom stereocenters. The molecular weight excluding hydrogens is 284 g/mol. The van der Waals surface area contributed by atoms with Gasteiger partial charge in [-0.15, -0.1) is 11.3 Å². The normalized spacial score (nSPS) is 14.7. The zero-order valence-corrected chi connectivity index (χ0v) is 12.7. The van der Waals surface area contributed by atoms with Crippen molar-refractivity contribution in [1.82, 2.24) is 9.88 Å². The molecule has 2 heterocycles. The minimum Gasteiger partial charge on any atom is -0.375 e. The molecule has 0 saturated carbocycles. The van der Waals surface area contributed by atoms with Crippen molar-refractivity contribution in [3.8, 4) is 0 Å². The average Bonchev–Trinajstić information content (AvgIpc) is 2.78. The number of nitrogen functional groups attached to an aromatic ring is 1. The number of rotatable bonds is 3. The van der Waals surface area contributed by atoms with E-state index < -0.39 is 0 Å².